The van der Waals surface area contributed by atoms with Gasteiger partial charge in [-0.05, 0) is 18.4 Å². The summed E-state index contributed by atoms with van der Waals surface area (Å²) < 4.78 is 4.94. The Labute approximate surface area is 150 Å². The van der Waals surface area contributed by atoms with Crippen molar-refractivity contribution in [2.75, 3.05) is 53.0 Å². The highest BCUT2D eigenvalue weighted by Crippen LogP contribution is 2.09. The second-order valence-electron chi connectivity index (χ2n) is 6.27. The molecule has 0 spiro atoms. The molecule has 1 aromatic carbocycles. The van der Waals surface area contributed by atoms with E-state index in [-0.39, 0.29) is 11.8 Å². The molecule has 25 heavy (non-hydrogen) atoms. The summed E-state index contributed by atoms with van der Waals surface area (Å²) in [6, 6.07) is 10.2. The molecule has 0 saturated carbocycles. The SMILES string of the molecule is COCCNCC(=O)N1CCN(C(=O)CCCc2ccccc2)CC1. The van der Waals surface area contributed by atoms with E-state index in [1.54, 1.807) is 7.11 Å². The predicted molar refractivity (Wildman–Crippen MR) is 97.3 cm³/mol. The first-order chi connectivity index (χ1) is 12.2. The normalized spacial score (nSPS) is 14.6. The fraction of sp³-hybridized carbons (Fsp3) is 0.579. The van der Waals surface area contributed by atoms with E-state index in [4.69, 9.17) is 4.74 Å². The summed E-state index contributed by atoms with van der Waals surface area (Å²) in [6.07, 6.45) is 2.37. The van der Waals surface area contributed by atoms with Gasteiger partial charge in [0.15, 0.2) is 0 Å². The third kappa shape index (κ3) is 6.84. The minimum Gasteiger partial charge on any atom is -0.383 e. The van der Waals surface area contributed by atoms with Crippen LogP contribution in [0.15, 0.2) is 30.3 Å². The molecule has 1 fully saturated rings. The van der Waals surface area contributed by atoms with Crippen molar-refractivity contribution >= 4 is 11.8 Å². The standard InChI is InChI=1S/C19H29N3O3/c1-25-15-10-20-16-19(24)22-13-11-21(12-14-22)18(23)9-5-8-17-6-3-2-4-7-17/h2-4,6-7,20H,5,8-16H2,1H3. The highest BCUT2D eigenvalue weighted by atomic mass is 16.5. The molecule has 138 valence electrons. The van der Waals surface area contributed by atoms with Gasteiger partial charge in [0, 0.05) is 46.3 Å². The van der Waals surface area contributed by atoms with Gasteiger partial charge in [0.25, 0.3) is 0 Å². The van der Waals surface area contributed by atoms with Gasteiger partial charge in [-0.2, -0.15) is 0 Å². The summed E-state index contributed by atoms with van der Waals surface area (Å²) in [5, 5.41) is 3.06. The van der Waals surface area contributed by atoms with Crippen molar-refractivity contribution in [2.45, 2.75) is 19.3 Å². The maximum absolute atomic E-state index is 12.3. The Hall–Kier alpha value is -1.92. The van der Waals surface area contributed by atoms with E-state index >= 15 is 0 Å². The molecule has 0 radical (unpaired) electrons. The highest BCUT2D eigenvalue weighted by molar-refractivity contribution is 5.79. The Morgan fingerprint density at radius 3 is 2.32 bits per heavy atom. The Kier molecular flexibility index (Phi) is 8.42. The van der Waals surface area contributed by atoms with Gasteiger partial charge in [0.1, 0.15) is 0 Å². The minimum absolute atomic E-state index is 0.0901. The van der Waals surface area contributed by atoms with Gasteiger partial charge < -0.3 is 19.9 Å². The van der Waals surface area contributed by atoms with Crippen LogP contribution in [-0.2, 0) is 20.7 Å². The second-order valence-corrected chi connectivity index (χ2v) is 6.27. The Bertz CT molecular complexity index is 528. The zero-order valence-electron chi connectivity index (χ0n) is 15.1. The fourth-order valence-electron chi connectivity index (χ4n) is 2.93. The number of benzene rings is 1. The van der Waals surface area contributed by atoms with E-state index in [0.717, 1.165) is 12.8 Å². The van der Waals surface area contributed by atoms with Crippen LogP contribution in [0.4, 0.5) is 0 Å². The van der Waals surface area contributed by atoms with E-state index < -0.39 is 0 Å². The molecule has 0 aromatic heterocycles. The van der Waals surface area contributed by atoms with Crippen LogP contribution in [0.3, 0.4) is 0 Å². The summed E-state index contributed by atoms with van der Waals surface area (Å²) in [5.41, 5.74) is 1.27. The van der Waals surface area contributed by atoms with Crippen LogP contribution in [0.5, 0.6) is 0 Å². The van der Waals surface area contributed by atoms with E-state index in [0.29, 0.717) is 52.3 Å². The molecule has 1 aromatic rings. The molecule has 1 saturated heterocycles. The van der Waals surface area contributed by atoms with E-state index in [1.807, 2.05) is 28.0 Å². The second kappa shape index (κ2) is 10.8. The van der Waals surface area contributed by atoms with Gasteiger partial charge in [-0.3, -0.25) is 9.59 Å². The number of methoxy groups -OCH3 is 1. The number of carbonyl (C=O) groups is 2. The van der Waals surface area contributed by atoms with Crippen molar-refractivity contribution in [3.63, 3.8) is 0 Å². The van der Waals surface area contributed by atoms with Crippen molar-refractivity contribution in [3.05, 3.63) is 35.9 Å². The van der Waals surface area contributed by atoms with E-state index in [9.17, 15) is 9.59 Å². The molecule has 6 heteroatoms. The third-order valence-electron chi connectivity index (χ3n) is 4.44. The molecule has 1 N–H and O–H groups in total. The van der Waals surface area contributed by atoms with Crippen LogP contribution in [0, 0.1) is 0 Å². The first-order valence-electron chi connectivity index (χ1n) is 9.00. The average molecular weight is 347 g/mol. The van der Waals surface area contributed by atoms with Crippen molar-refractivity contribution in [3.8, 4) is 0 Å². The average Bonchev–Trinajstić information content (AvgIpc) is 2.66. The van der Waals surface area contributed by atoms with Crippen LogP contribution < -0.4 is 5.32 Å². The quantitative estimate of drug-likeness (QED) is 0.675. The van der Waals surface area contributed by atoms with E-state index in [2.05, 4.69) is 17.4 Å². The van der Waals surface area contributed by atoms with Gasteiger partial charge >= 0.3 is 0 Å². The monoisotopic (exact) mass is 347 g/mol. The van der Waals surface area contributed by atoms with Crippen LogP contribution in [0.1, 0.15) is 18.4 Å². The van der Waals surface area contributed by atoms with Crippen molar-refractivity contribution in [1.82, 2.24) is 15.1 Å². The molecule has 0 aliphatic carbocycles. The summed E-state index contributed by atoms with van der Waals surface area (Å²) >= 11 is 0. The van der Waals surface area contributed by atoms with Crippen molar-refractivity contribution < 1.29 is 14.3 Å². The molecule has 1 heterocycles. The molecule has 1 aliphatic rings. The number of hydrogen-bond donors (Lipinski definition) is 1. The molecule has 6 nitrogen and oxygen atoms in total. The maximum atomic E-state index is 12.3. The number of amides is 2. The number of nitrogens with one attached hydrogen (secondary N) is 1. The predicted octanol–water partition coefficient (Wildman–Crippen LogP) is 0.916. The lowest BCUT2D eigenvalue weighted by atomic mass is 10.1. The summed E-state index contributed by atoms with van der Waals surface area (Å²) in [7, 11) is 1.64. The van der Waals surface area contributed by atoms with Crippen LogP contribution >= 0.6 is 0 Å². The van der Waals surface area contributed by atoms with Gasteiger partial charge in [-0.1, -0.05) is 30.3 Å². The molecular weight excluding hydrogens is 318 g/mol. The van der Waals surface area contributed by atoms with Gasteiger partial charge in [-0.15, -0.1) is 0 Å². The fourth-order valence-corrected chi connectivity index (χ4v) is 2.93. The largest absolute Gasteiger partial charge is 0.383 e. The summed E-state index contributed by atoms with van der Waals surface area (Å²) in [4.78, 5) is 28.1. The van der Waals surface area contributed by atoms with Crippen LogP contribution in [-0.4, -0.2) is 74.6 Å². The summed E-state index contributed by atoms with van der Waals surface area (Å²) in [6.45, 7) is 4.10. The smallest absolute Gasteiger partial charge is 0.236 e. The maximum Gasteiger partial charge on any atom is 0.236 e. The molecule has 0 unspecified atom stereocenters. The lowest BCUT2D eigenvalue weighted by Crippen LogP contribution is -2.52. The number of nitrogens with zero attached hydrogens (tertiary/aromatic N) is 2. The van der Waals surface area contributed by atoms with Gasteiger partial charge in [-0.25, -0.2) is 0 Å². The number of carbonyl (C=O) groups excluding carboxylic acids is 2. The topological polar surface area (TPSA) is 61.9 Å². The molecule has 1 aliphatic heterocycles. The molecule has 2 amide bonds. The number of piperazine rings is 1. The van der Waals surface area contributed by atoms with Gasteiger partial charge in [0.05, 0.1) is 13.2 Å². The molecule has 0 bridgehead atoms. The number of aryl methyl sites for hydroxylation is 1. The molecule has 2 rings (SSSR count). The Balaban J connectivity index is 1.62. The first-order valence-corrected chi connectivity index (χ1v) is 9.00. The van der Waals surface area contributed by atoms with Crippen molar-refractivity contribution in [2.24, 2.45) is 0 Å². The number of ether oxygens (including phenoxy) is 1. The van der Waals surface area contributed by atoms with Crippen molar-refractivity contribution in [1.29, 1.82) is 0 Å². The number of hydrogen-bond acceptors (Lipinski definition) is 4. The zero-order valence-corrected chi connectivity index (χ0v) is 15.1. The highest BCUT2D eigenvalue weighted by Gasteiger charge is 2.23. The lowest BCUT2D eigenvalue weighted by Gasteiger charge is -2.35. The first kappa shape index (κ1) is 19.4. The third-order valence-corrected chi connectivity index (χ3v) is 4.44. The Morgan fingerprint density at radius 1 is 1.04 bits per heavy atom. The zero-order chi connectivity index (χ0) is 17.9. The lowest BCUT2D eigenvalue weighted by molar-refractivity contribution is -0.139. The number of rotatable bonds is 9. The van der Waals surface area contributed by atoms with Crippen LogP contribution in [0.25, 0.3) is 0 Å². The molecule has 0 atom stereocenters. The van der Waals surface area contributed by atoms with E-state index in [1.165, 1.54) is 5.56 Å². The Morgan fingerprint density at radius 2 is 1.68 bits per heavy atom. The van der Waals surface area contributed by atoms with Crippen LogP contribution in [0.2, 0.25) is 0 Å². The summed E-state index contributed by atoms with van der Waals surface area (Å²) in [5.74, 6) is 0.286. The molecular formula is C19H29N3O3. The minimum atomic E-state index is 0.0901. The van der Waals surface area contributed by atoms with Gasteiger partial charge in [0.2, 0.25) is 11.8 Å².